The maximum atomic E-state index is 11.8. The van der Waals surface area contributed by atoms with Crippen molar-refractivity contribution in [2.45, 2.75) is 51.6 Å². The summed E-state index contributed by atoms with van der Waals surface area (Å²) < 4.78 is 27.9. The van der Waals surface area contributed by atoms with Gasteiger partial charge in [0.1, 0.15) is 5.78 Å². The van der Waals surface area contributed by atoms with Crippen molar-refractivity contribution in [2.75, 3.05) is 6.61 Å². The lowest BCUT2D eigenvalue weighted by molar-refractivity contribution is -0.135. The zero-order chi connectivity index (χ0) is 12.3. The van der Waals surface area contributed by atoms with Gasteiger partial charge in [0.2, 0.25) is 0 Å². The minimum absolute atomic E-state index is 0.118. The number of Topliss-reactive ketones (excluding diaryl/α,β-unsaturated/α-hetero) is 1. The first-order chi connectivity index (χ1) is 8.15. The van der Waals surface area contributed by atoms with E-state index in [1.165, 1.54) is 12.8 Å². The van der Waals surface area contributed by atoms with Gasteiger partial charge in [-0.25, -0.2) is 0 Å². The predicted molar refractivity (Wildman–Crippen MR) is 59.8 cm³/mol. The zero-order valence-corrected chi connectivity index (χ0v) is 10.0. The van der Waals surface area contributed by atoms with Crippen molar-refractivity contribution in [1.29, 1.82) is 0 Å². The minimum Gasteiger partial charge on any atom is -0.323 e. The molecular weight excluding hydrogens is 226 g/mol. The quantitative estimate of drug-likeness (QED) is 0.718. The third-order valence-electron chi connectivity index (χ3n) is 3.96. The molecule has 2 saturated carbocycles. The normalized spacial score (nSPS) is 29.9. The fourth-order valence-electron chi connectivity index (χ4n) is 2.77. The molecule has 0 amide bonds. The van der Waals surface area contributed by atoms with Gasteiger partial charge in [0, 0.05) is 12.3 Å². The first-order valence-corrected chi connectivity index (χ1v) is 6.57. The van der Waals surface area contributed by atoms with Crippen LogP contribution in [0.5, 0.6) is 0 Å². The lowest BCUT2D eigenvalue weighted by atomic mass is 9.77. The van der Waals surface area contributed by atoms with Crippen LogP contribution in [0.3, 0.4) is 0 Å². The van der Waals surface area contributed by atoms with Gasteiger partial charge in [-0.05, 0) is 37.5 Å². The van der Waals surface area contributed by atoms with E-state index in [0.717, 1.165) is 25.2 Å². The molecule has 2 fully saturated rings. The molecule has 0 radical (unpaired) electrons. The molecule has 0 heterocycles. The molecule has 2 nitrogen and oxygen atoms in total. The molecule has 98 valence electrons. The van der Waals surface area contributed by atoms with E-state index in [1.54, 1.807) is 0 Å². The molecule has 0 aliphatic heterocycles. The fourth-order valence-corrected chi connectivity index (χ4v) is 2.77. The van der Waals surface area contributed by atoms with Gasteiger partial charge in [0.25, 0.3) is 0 Å². The first kappa shape index (κ1) is 12.9. The molecule has 0 aromatic carbocycles. The number of carbonyl (C=O) groups is 1. The SMILES string of the molecule is O=C1CCC(CCOC(F)F)CC1CC1CC1. The Morgan fingerprint density at radius 2 is 2.00 bits per heavy atom. The van der Waals surface area contributed by atoms with E-state index in [1.807, 2.05) is 0 Å². The van der Waals surface area contributed by atoms with Gasteiger partial charge in [-0.3, -0.25) is 4.79 Å². The van der Waals surface area contributed by atoms with Crippen LogP contribution in [0.1, 0.15) is 44.9 Å². The third-order valence-corrected chi connectivity index (χ3v) is 3.96. The van der Waals surface area contributed by atoms with Crippen LogP contribution in [0.2, 0.25) is 0 Å². The number of ketones is 1. The highest BCUT2D eigenvalue weighted by Crippen LogP contribution is 2.40. The molecule has 0 aromatic heterocycles. The van der Waals surface area contributed by atoms with Gasteiger partial charge in [0.05, 0.1) is 6.61 Å². The highest BCUT2D eigenvalue weighted by molar-refractivity contribution is 5.81. The average molecular weight is 246 g/mol. The largest absolute Gasteiger partial charge is 0.345 e. The number of rotatable bonds is 6. The first-order valence-electron chi connectivity index (χ1n) is 6.57. The predicted octanol–water partition coefficient (Wildman–Crippen LogP) is 3.40. The highest BCUT2D eigenvalue weighted by Gasteiger charge is 2.33. The summed E-state index contributed by atoms with van der Waals surface area (Å²) in [4.78, 5) is 11.7. The Hall–Kier alpha value is -0.510. The molecule has 0 aromatic rings. The van der Waals surface area contributed by atoms with E-state index >= 15 is 0 Å². The monoisotopic (exact) mass is 246 g/mol. The number of ether oxygens (including phenoxy) is 1. The third kappa shape index (κ3) is 4.34. The van der Waals surface area contributed by atoms with E-state index in [4.69, 9.17) is 0 Å². The summed E-state index contributed by atoms with van der Waals surface area (Å²) in [6.07, 6.45) is 6.61. The van der Waals surface area contributed by atoms with Crippen LogP contribution >= 0.6 is 0 Å². The Bertz CT molecular complexity index is 264. The molecule has 0 saturated heterocycles. The summed E-state index contributed by atoms with van der Waals surface area (Å²) >= 11 is 0. The van der Waals surface area contributed by atoms with Crippen molar-refractivity contribution < 1.29 is 18.3 Å². The molecule has 2 rings (SSSR count). The molecule has 0 bridgehead atoms. The van der Waals surface area contributed by atoms with Crippen LogP contribution < -0.4 is 0 Å². The average Bonchev–Trinajstić information content (AvgIpc) is 3.06. The molecule has 0 N–H and O–H groups in total. The fraction of sp³-hybridized carbons (Fsp3) is 0.923. The molecule has 2 aliphatic rings. The maximum absolute atomic E-state index is 11.8. The van der Waals surface area contributed by atoms with Crippen molar-refractivity contribution in [3.8, 4) is 0 Å². The van der Waals surface area contributed by atoms with E-state index in [2.05, 4.69) is 4.74 Å². The molecule has 4 heteroatoms. The van der Waals surface area contributed by atoms with Crippen LogP contribution in [0, 0.1) is 17.8 Å². The van der Waals surface area contributed by atoms with Crippen molar-refractivity contribution in [3.05, 3.63) is 0 Å². The van der Waals surface area contributed by atoms with Crippen LogP contribution in [0.15, 0.2) is 0 Å². The lowest BCUT2D eigenvalue weighted by Gasteiger charge is -2.28. The van der Waals surface area contributed by atoms with Gasteiger partial charge in [-0.1, -0.05) is 12.8 Å². The van der Waals surface area contributed by atoms with Gasteiger partial charge < -0.3 is 4.74 Å². The van der Waals surface area contributed by atoms with Gasteiger partial charge in [0.15, 0.2) is 0 Å². The molecule has 0 spiro atoms. The van der Waals surface area contributed by atoms with Crippen LogP contribution in [0.25, 0.3) is 0 Å². The smallest absolute Gasteiger partial charge is 0.323 e. The summed E-state index contributed by atoms with van der Waals surface area (Å²) in [7, 11) is 0. The summed E-state index contributed by atoms with van der Waals surface area (Å²) in [6.45, 7) is -2.55. The van der Waals surface area contributed by atoms with E-state index < -0.39 is 6.61 Å². The van der Waals surface area contributed by atoms with Crippen LogP contribution in [0.4, 0.5) is 8.78 Å². The van der Waals surface area contributed by atoms with Crippen molar-refractivity contribution >= 4 is 5.78 Å². The molecule has 2 aliphatic carbocycles. The maximum Gasteiger partial charge on any atom is 0.345 e. The molecular formula is C13H20F2O2. The number of halogens is 2. The van der Waals surface area contributed by atoms with Gasteiger partial charge in [-0.15, -0.1) is 0 Å². The second kappa shape index (κ2) is 5.89. The van der Waals surface area contributed by atoms with Gasteiger partial charge >= 0.3 is 6.61 Å². The second-order valence-corrected chi connectivity index (χ2v) is 5.40. The minimum atomic E-state index is -2.66. The van der Waals surface area contributed by atoms with E-state index in [0.29, 0.717) is 24.5 Å². The molecule has 2 atom stereocenters. The van der Waals surface area contributed by atoms with Gasteiger partial charge in [-0.2, -0.15) is 8.78 Å². The Balaban J connectivity index is 1.70. The Labute approximate surface area is 101 Å². The number of hydrogen-bond donors (Lipinski definition) is 0. The summed E-state index contributed by atoms with van der Waals surface area (Å²) in [5.74, 6) is 1.76. The Kier molecular flexibility index (Phi) is 4.48. The zero-order valence-electron chi connectivity index (χ0n) is 10.0. The molecule has 17 heavy (non-hydrogen) atoms. The topological polar surface area (TPSA) is 26.3 Å². The number of carbonyl (C=O) groups excluding carboxylic acids is 1. The Morgan fingerprint density at radius 3 is 2.65 bits per heavy atom. The summed E-state index contributed by atoms with van der Waals surface area (Å²) in [5.41, 5.74) is 0. The van der Waals surface area contributed by atoms with Crippen molar-refractivity contribution in [3.63, 3.8) is 0 Å². The molecule has 2 unspecified atom stereocenters. The van der Waals surface area contributed by atoms with Crippen LogP contribution in [-0.2, 0) is 9.53 Å². The van der Waals surface area contributed by atoms with E-state index in [9.17, 15) is 13.6 Å². The summed E-state index contributed by atoms with van der Waals surface area (Å²) in [5, 5.41) is 0. The van der Waals surface area contributed by atoms with Crippen molar-refractivity contribution in [2.24, 2.45) is 17.8 Å². The lowest BCUT2D eigenvalue weighted by Crippen LogP contribution is -2.26. The van der Waals surface area contributed by atoms with Crippen molar-refractivity contribution in [1.82, 2.24) is 0 Å². The number of alkyl halides is 2. The standard InChI is InChI=1S/C13H20F2O2/c14-13(15)17-6-5-10-3-4-12(16)11(8-10)7-9-1-2-9/h9-11,13H,1-8H2. The summed E-state index contributed by atoms with van der Waals surface area (Å²) in [6, 6.07) is 0. The van der Waals surface area contributed by atoms with Crippen LogP contribution in [-0.4, -0.2) is 19.0 Å². The van der Waals surface area contributed by atoms with E-state index in [-0.39, 0.29) is 12.5 Å². The Morgan fingerprint density at radius 1 is 1.24 bits per heavy atom. The number of hydrogen-bond acceptors (Lipinski definition) is 2. The second-order valence-electron chi connectivity index (χ2n) is 5.40. The highest BCUT2D eigenvalue weighted by atomic mass is 19.3.